The molecule has 0 radical (unpaired) electrons. The molecule has 1 heterocycles. The first-order chi connectivity index (χ1) is 9.76. The van der Waals surface area contributed by atoms with Gasteiger partial charge in [0.2, 0.25) is 0 Å². The van der Waals surface area contributed by atoms with E-state index >= 15 is 0 Å². The van der Waals surface area contributed by atoms with Crippen LogP contribution in [-0.2, 0) is 4.79 Å². The number of carbonyl (C=O) groups excluding carboxylic acids is 1. The minimum Gasteiger partial charge on any atom is -0.497 e. The van der Waals surface area contributed by atoms with Gasteiger partial charge >= 0.3 is 5.97 Å². The number of carboxylic acids is 1. The van der Waals surface area contributed by atoms with Gasteiger partial charge in [-0.2, -0.15) is 0 Å². The first-order valence-electron chi connectivity index (χ1n) is 6.08. The fourth-order valence-corrected chi connectivity index (χ4v) is 3.10. The average molecular weight is 328 g/mol. The zero-order chi connectivity index (χ0) is 15.8. The molecule has 0 spiro atoms. The number of aliphatic carboxylic acids is 1. The number of methoxy groups -OCH3 is 1. The van der Waals surface area contributed by atoms with E-state index < -0.39 is 17.4 Å². The Morgan fingerprint density at radius 1 is 1.38 bits per heavy atom. The van der Waals surface area contributed by atoms with Crippen LogP contribution in [0.2, 0.25) is 5.02 Å². The number of nitrogens with one attached hydrogen (secondary N) is 1. The van der Waals surface area contributed by atoms with Gasteiger partial charge in [0.1, 0.15) is 16.2 Å². The van der Waals surface area contributed by atoms with Gasteiger partial charge in [0.25, 0.3) is 5.91 Å². The normalized spacial score (nSPS) is 11.4. The SMILES string of the molecule is COc1ccc2sc(C(=O)NC(C)(C)C(=O)O)c(Cl)c2c1. The van der Waals surface area contributed by atoms with Crippen LogP contribution >= 0.6 is 22.9 Å². The molecule has 0 saturated carbocycles. The van der Waals surface area contributed by atoms with E-state index in [0.717, 1.165) is 4.70 Å². The zero-order valence-corrected chi connectivity index (χ0v) is 13.3. The quantitative estimate of drug-likeness (QED) is 0.904. The summed E-state index contributed by atoms with van der Waals surface area (Å²) in [4.78, 5) is 23.6. The second kappa shape index (κ2) is 5.54. The molecule has 0 saturated heterocycles. The maximum atomic E-state index is 12.2. The van der Waals surface area contributed by atoms with Crippen LogP contribution in [0.5, 0.6) is 5.75 Å². The summed E-state index contributed by atoms with van der Waals surface area (Å²) < 4.78 is 5.96. The van der Waals surface area contributed by atoms with E-state index in [9.17, 15) is 9.59 Å². The van der Waals surface area contributed by atoms with Crippen molar-refractivity contribution in [2.24, 2.45) is 0 Å². The molecular weight excluding hydrogens is 314 g/mol. The van der Waals surface area contributed by atoms with Crippen LogP contribution in [0, 0.1) is 0 Å². The first-order valence-corrected chi connectivity index (χ1v) is 7.27. The van der Waals surface area contributed by atoms with Gasteiger partial charge < -0.3 is 15.2 Å². The van der Waals surface area contributed by atoms with Crippen molar-refractivity contribution in [3.63, 3.8) is 0 Å². The summed E-state index contributed by atoms with van der Waals surface area (Å²) in [6.45, 7) is 2.83. The highest BCUT2D eigenvalue weighted by Gasteiger charge is 2.31. The highest BCUT2D eigenvalue weighted by Crippen LogP contribution is 2.37. The molecule has 0 aliphatic carbocycles. The lowest BCUT2D eigenvalue weighted by molar-refractivity contribution is -0.143. The molecule has 21 heavy (non-hydrogen) atoms. The monoisotopic (exact) mass is 327 g/mol. The fraction of sp³-hybridized carbons (Fsp3) is 0.286. The summed E-state index contributed by atoms with van der Waals surface area (Å²) >= 11 is 7.45. The van der Waals surface area contributed by atoms with Crippen molar-refractivity contribution in [2.75, 3.05) is 7.11 Å². The Morgan fingerprint density at radius 2 is 2.05 bits per heavy atom. The summed E-state index contributed by atoms with van der Waals surface area (Å²) in [5, 5.41) is 12.5. The van der Waals surface area contributed by atoms with E-state index in [1.54, 1.807) is 19.2 Å². The molecule has 112 valence electrons. The molecule has 5 nitrogen and oxygen atoms in total. The molecule has 1 amide bonds. The summed E-state index contributed by atoms with van der Waals surface area (Å²) in [5.41, 5.74) is -1.37. The van der Waals surface area contributed by atoms with Crippen molar-refractivity contribution in [1.82, 2.24) is 5.32 Å². The molecule has 2 aromatic rings. The predicted octanol–water partition coefficient (Wildman–Crippen LogP) is 3.16. The van der Waals surface area contributed by atoms with E-state index in [1.165, 1.54) is 25.2 Å². The third-order valence-electron chi connectivity index (χ3n) is 3.00. The first kappa shape index (κ1) is 15.6. The number of thiophene rings is 1. The van der Waals surface area contributed by atoms with Crippen LogP contribution in [0.4, 0.5) is 0 Å². The van der Waals surface area contributed by atoms with Gasteiger partial charge in [-0.05, 0) is 32.0 Å². The zero-order valence-electron chi connectivity index (χ0n) is 11.7. The lowest BCUT2D eigenvalue weighted by Crippen LogP contribution is -2.49. The molecule has 0 aliphatic rings. The Balaban J connectivity index is 2.41. The number of halogens is 1. The third-order valence-corrected chi connectivity index (χ3v) is 4.68. The van der Waals surface area contributed by atoms with Crippen LogP contribution in [0.25, 0.3) is 10.1 Å². The Labute approximate surface area is 130 Å². The maximum absolute atomic E-state index is 12.2. The standard InChI is InChI=1S/C14H14ClNO4S/c1-14(2,13(18)19)16-12(17)11-10(15)8-6-7(20-3)4-5-9(8)21-11/h4-6H,1-3H3,(H,16,17)(H,18,19). The summed E-state index contributed by atoms with van der Waals surface area (Å²) in [7, 11) is 1.55. The lowest BCUT2D eigenvalue weighted by Gasteiger charge is -2.20. The number of fused-ring (bicyclic) bond motifs is 1. The van der Waals surface area contributed by atoms with Gasteiger partial charge in [0.05, 0.1) is 12.1 Å². The van der Waals surface area contributed by atoms with Gasteiger partial charge in [-0.3, -0.25) is 4.79 Å². The largest absolute Gasteiger partial charge is 0.497 e. The van der Waals surface area contributed by atoms with Crippen molar-refractivity contribution in [3.05, 3.63) is 28.1 Å². The van der Waals surface area contributed by atoms with Gasteiger partial charge in [-0.15, -0.1) is 11.3 Å². The van der Waals surface area contributed by atoms with Crippen molar-refractivity contribution >= 4 is 44.9 Å². The van der Waals surface area contributed by atoms with Crippen molar-refractivity contribution in [1.29, 1.82) is 0 Å². The topological polar surface area (TPSA) is 75.6 Å². The van der Waals surface area contributed by atoms with E-state index in [-0.39, 0.29) is 4.88 Å². The molecule has 2 N–H and O–H groups in total. The Kier molecular flexibility index (Phi) is 4.11. The van der Waals surface area contributed by atoms with E-state index in [4.69, 9.17) is 21.4 Å². The highest BCUT2D eigenvalue weighted by atomic mass is 35.5. The van der Waals surface area contributed by atoms with Gasteiger partial charge in [0.15, 0.2) is 0 Å². The Morgan fingerprint density at radius 3 is 2.62 bits per heavy atom. The van der Waals surface area contributed by atoms with Crippen LogP contribution in [-0.4, -0.2) is 29.6 Å². The van der Waals surface area contributed by atoms with Crippen LogP contribution < -0.4 is 10.1 Å². The third kappa shape index (κ3) is 2.96. The second-order valence-corrected chi connectivity index (χ2v) is 6.42. The van der Waals surface area contributed by atoms with Crippen LogP contribution in [0.15, 0.2) is 18.2 Å². The minimum atomic E-state index is -1.37. The van der Waals surface area contributed by atoms with Gasteiger partial charge in [-0.25, -0.2) is 4.79 Å². The second-order valence-electron chi connectivity index (χ2n) is 4.99. The molecule has 7 heteroatoms. The number of hydrogen-bond acceptors (Lipinski definition) is 4. The van der Waals surface area contributed by atoms with Crippen molar-refractivity contribution < 1.29 is 19.4 Å². The molecule has 0 unspecified atom stereocenters. The van der Waals surface area contributed by atoms with E-state index in [1.807, 2.05) is 6.07 Å². The van der Waals surface area contributed by atoms with Crippen molar-refractivity contribution in [2.45, 2.75) is 19.4 Å². The molecule has 2 rings (SSSR count). The predicted molar refractivity (Wildman–Crippen MR) is 82.6 cm³/mol. The smallest absolute Gasteiger partial charge is 0.328 e. The summed E-state index contributed by atoms with van der Waals surface area (Å²) in [6, 6.07) is 5.33. The highest BCUT2D eigenvalue weighted by molar-refractivity contribution is 7.21. The molecular formula is C14H14ClNO4S. The number of amides is 1. The Hall–Kier alpha value is -1.79. The molecule has 0 bridgehead atoms. The molecule has 1 aromatic carbocycles. The van der Waals surface area contributed by atoms with Crippen molar-refractivity contribution in [3.8, 4) is 5.75 Å². The molecule has 0 aliphatic heterocycles. The number of ether oxygens (including phenoxy) is 1. The van der Waals surface area contributed by atoms with Crippen LogP contribution in [0.1, 0.15) is 23.5 Å². The van der Waals surface area contributed by atoms with E-state index in [0.29, 0.717) is 16.2 Å². The lowest BCUT2D eigenvalue weighted by atomic mass is 10.1. The molecule has 0 atom stereocenters. The van der Waals surface area contributed by atoms with Gasteiger partial charge in [0, 0.05) is 10.1 Å². The number of rotatable bonds is 4. The molecule has 1 aromatic heterocycles. The van der Waals surface area contributed by atoms with Gasteiger partial charge in [-0.1, -0.05) is 11.6 Å². The van der Waals surface area contributed by atoms with E-state index in [2.05, 4.69) is 5.32 Å². The average Bonchev–Trinajstić information content (AvgIpc) is 2.75. The molecule has 0 fully saturated rings. The maximum Gasteiger partial charge on any atom is 0.328 e. The minimum absolute atomic E-state index is 0.286. The number of benzene rings is 1. The number of carbonyl (C=O) groups is 2. The number of carboxylic acid groups (broad SMARTS) is 1. The van der Waals surface area contributed by atoms with Crippen LogP contribution in [0.3, 0.4) is 0 Å². The number of hydrogen-bond donors (Lipinski definition) is 2. The summed E-state index contributed by atoms with van der Waals surface area (Å²) in [6.07, 6.45) is 0. The summed E-state index contributed by atoms with van der Waals surface area (Å²) in [5.74, 6) is -0.984. The Bertz CT molecular complexity index is 723. The fourth-order valence-electron chi connectivity index (χ4n) is 1.71.